The zero-order chi connectivity index (χ0) is 13.3. The fourth-order valence-electron chi connectivity index (χ4n) is 2.36. The van der Waals surface area contributed by atoms with Crippen molar-refractivity contribution in [3.05, 3.63) is 29.6 Å². The first-order valence-corrected chi connectivity index (χ1v) is 6.73. The summed E-state index contributed by atoms with van der Waals surface area (Å²) < 4.78 is 13.9. The highest BCUT2D eigenvalue weighted by Gasteiger charge is 2.28. The van der Waals surface area contributed by atoms with E-state index >= 15 is 0 Å². The fraction of sp³-hybridized carbons (Fsp3) is 0.600. The van der Waals surface area contributed by atoms with Gasteiger partial charge in [0, 0.05) is 23.8 Å². The molecule has 18 heavy (non-hydrogen) atoms. The van der Waals surface area contributed by atoms with Crippen LogP contribution in [0.4, 0.5) is 10.1 Å². The lowest BCUT2D eigenvalue weighted by atomic mass is 10.0. The van der Waals surface area contributed by atoms with Gasteiger partial charge in [-0.05, 0) is 51.7 Å². The van der Waals surface area contributed by atoms with Gasteiger partial charge in [-0.25, -0.2) is 4.39 Å². The van der Waals surface area contributed by atoms with Crippen LogP contribution in [-0.4, -0.2) is 17.7 Å². The third-order valence-corrected chi connectivity index (χ3v) is 3.53. The average Bonchev–Trinajstić information content (AvgIpc) is 3.08. The highest BCUT2D eigenvalue weighted by Crippen LogP contribution is 2.35. The average molecular weight is 251 g/mol. The summed E-state index contributed by atoms with van der Waals surface area (Å²) in [7, 11) is 0. The van der Waals surface area contributed by atoms with Gasteiger partial charge in [0.25, 0.3) is 0 Å². The summed E-state index contributed by atoms with van der Waals surface area (Å²) in [4.78, 5) is 2.21. The van der Waals surface area contributed by atoms with Gasteiger partial charge in [0.05, 0.1) is 6.10 Å². The van der Waals surface area contributed by atoms with Crippen LogP contribution in [0.1, 0.15) is 45.3 Å². The van der Waals surface area contributed by atoms with E-state index in [1.54, 1.807) is 13.0 Å². The Morgan fingerprint density at radius 2 is 2.00 bits per heavy atom. The number of anilines is 1. The molecule has 1 fully saturated rings. The number of aliphatic hydroxyl groups is 1. The first kappa shape index (κ1) is 13.3. The number of benzene rings is 1. The Bertz CT molecular complexity index is 413. The van der Waals surface area contributed by atoms with Crippen LogP contribution in [0.3, 0.4) is 0 Å². The maximum Gasteiger partial charge on any atom is 0.131 e. The SMILES string of the molecule is CC(C)N(CC1CC1)c1cccc(F)c1[C@H](C)O. The zero-order valence-corrected chi connectivity index (χ0v) is 11.4. The Morgan fingerprint density at radius 1 is 1.33 bits per heavy atom. The van der Waals surface area contributed by atoms with Gasteiger partial charge in [0.2, 0.25) is 0 Å². The molecule has 1 saturated carbocycles. The van der Waals surface area contributed by atoms with Crippen molar-refractivity contribution in [1.82, 2.24) is 0 Å². The van der Waals surface area contributed by atoms with Crippen LogP contribution >= 0.6 is 0 Å². The highest BCUT2D eigenvalue weighted by atomic mass is 19.1. The van der Waals surface area contributed by atoms with Crippen LogP contribution in [0.5, 0.6) is 0 Å². The first-order chi connectivity index (χ1) is 8.50. The van der Waals surface area contributed by atoms with E-state index in [1.165, 1.54) is 18.9 Å². The predicted octanol–water partition coefficient (Wildman–Crippen LogP) is 3.50. The molecule has 3 heteroatoms. The molecule has 1 aliphatic carbocycles. The van der Waals surface area contributed by atoms with E-state index in [4.69, 9.17) is 0 Å². The minimum Gasteiger partial charge on any atom is -0.389 e. The van der Waals surface area contributed by atoms with Gasteiger partial charge in [-0.3, -0.25) is 0 Å². The minimum absolute atomic E-state index is 0.310. The summed E-state index contributed by atoms with van der Waals surface area (Å²) >= 11 is 0. The third kappa shape index (κ3) is 2.83. The van der Waals surface area contributed by atoms with E-state index in [9.17, 15) is 9.50 Å². The van der Waals surface area contributed by atoms with E-state index in [1.807, 2.05) is 6.07 Å². The molecular formula is C15H22FNO. The van der Waals surface area contributed by atoms with E-state index in [0.29, 0.717) is 11.6 Å². The fourth-order valence-corrected chi connectivity index (χ4v) is 2.36. The Kier molecular flexibility index (Phi) is 3.91. The Hall–Kier alpha value is -1.09. The van der Waals surface area contributed by atoms with Gasteiger partial charge in [-0.2, -0.15) is 0 Å². The number of aliphatic hydroxyl groups excluding tert-OH is 1. The molecular weight excluding hydrogens is 229 g/mol. The summed E-state index contributed by atoms with van der Waals surface area (Å²) in [5.74, 6) is 0.418. The molecule has 0 saturated heterocycles. The van der Waals surface area contributed by atoms with Crippen LogP contribution in [0.2, 0.25) is 0 Å². The predicted molar refractivity (Wildman–Crippen MR) is 72.2 cm³/mol. The van der Waals surface area contributed by atoms with E-state index in [0.717, 1.165) is 18.2 Å². The monoisotopic (exact) mass is 251 g/mol. The molecule has 1 N–H and O–H groups in total. The summed E-state index contributed by atoms with van der Waals surface area (Å²) in [6.07, 6.45) is 1.76. The second-order valence-electron chi connectivity index (χ2n) is 5.54. The third-order valence-electron chi connectivity index (χ3n) is 3.53. The van der Waals surface area contributed by atoms with Gasteiger partial charge in [0.15, 0.2) is 0 Å². The molecule has 2 nitrogen and oxygen atoms in total. The second kappa shape index (κ2) is 5.27. The molecule has 0 spiro atoms. The molecule has 0 bridgehead atoms. The molecule has 0 aromatic heterocycles. The standard InChI is InChI=1S/C15H22FNO/c1-10(2)17(9-12-7-8-12)14-6-4-5-13(16)15(14)11(3)18/h4-6,10-12,18H,7-9H2,1-3H3/t11-/m0/s1. The van der Waals surface area contributed by atoms with Crippen molar-refractivity contribution in [2.75, 3.05) is 11.4 Å². The van der Waals surface area contributed by atoms with E-state index in [2.05, 4.69) is 18.7 Å². The molecule has 0 radical (unpaired) electrons. The van der Waals surface area contributed by atoms with Crippen LogP contribution in [0.15, 0.2) is 18.2 Å². The lowest BCUT2D eigenvalue weighted by molar-refractivity contribution is 0.194. The maximum atomic E-state index is 13.9. The zero-order valence-electron chi connectivity index (χ0n) is 11.4. The minimum atomic E-state index is -0.776. The van der Waals surface area contributed by atoms with Crippen molar-refractivity contribution in [3.63, 3.8) is 0 Å². The number of rotatable bonds is 5. The Balaban J connectivity index is 2.36. The second-order valence-corrected chi connectivity index (χ2v) is 5.54. The number of halogens is 1. The maximum absolute atomic E-state index is 13.9. The van der Waals surface area contributed by atoms with Gasteiger partial charge in [0.1, 0.15) is 5.82 Å². The number of hydrogen-bond acceptors (Lipinski definition) is 2. The largest absolute Gasteiger partial charge is 0.389 e. The molecule has 1 aromatic carbocycles. The number of hydrogen-bond donors (Lipinski definition) is 1. The van der Waals surface area contributed by atoms with Crippen LogP contribution < -0.4 is 4.90 Å². The van der Waals surface area contributed by atoms with E-state index in [-0.39, 0.29) is 5.82 Å². The van der Waals surface area contributed by atoms with Crippen LogP contribution in [0, 0.1) is 11.7 Å². The molecule has 100 valence electrons. The topological polar surface area (TPSA) is 23.5 Å². The van der Waals surface area contributed by atoms with Crippen LogP contribution in [0.25, 0.3) is 0 Å². The molecule has 0 aliphatic heterocycles. The molecule has 1 aromatic rings. The molecule has 0 heterocycles. The van der Waals surface area contributed by atoms with Gasteiger partial charge >= 0.3 is 0 Å². The quantitative estimate of drug-likeness (QED) is 0.865. The smallest absolute Gasteiger partial charge is 0.131 e. The first-order valence-electron chi connectivity index (χ1n) is 6.73. The van der Waals surface area contributed by atoms with Gasteiger partial charge in [-0.15, -0.1) is 0 Å². The summed E-state index contributed by atoms with van der Waals surface area (Å²) in [5.41, 5.74) is 1.26. The van der Waals surface area contributed by atoms with Crippen LogP contribution in [-0.2, 0) is 0 Å². The molecule has 1 aliphatic rings. The van der Waals surface area contributed by atoms with Crippen molar-refractivity contribution in [1.29, 1.82) is 0 Å². The van der Waals surface area contributed by atoms with Crippen molar-refractivity contribution in [3.8, 4) is 0 Å². The van der Waals surface area contributed by atoms with E-state index < -0.39 is 6.10 Å². The molecule has 0 unspecified atom stereocenters. The summed E-state index contributed by atoms with van der Waals surface area (Å²) in [6.45, 7) is 6.80. The van der Waals surface area contributed by atoms with Crippen molar-refractivity contribution >= 4 is 5.69 Å². The highest BCUT2D eigenvalue weighted by molar-refractivity contribution is 5.56. The number of nitrogens with zero attached hydrogens (tertiary/aromatic N) is 1. The normalized spacial score (nSPS) is 17.0. The molecule has 2 rings (SSSR count). The van der Waals surface area contributed by atoms with Gasteiger partial charge in [-0.1, -0.05) is 6.07 Å². The van der Waals surface area contributed by atoms with Crippen molar-refractivity contribution in [2.24, 2.45) is 5.92 Å². The molecule has 1 atom stereocenters. The molecule has 0 amide bonds. The lowest BCUT2D eigenvalue weighted by Crippen LogP contribution is -2.34. The summed E-state index contributed by atoms with van der Waals surface area (Å²) in [5, 5.41) is 9.80. The summed E-state index contributed by atoms with van der Waals surface area (Å²) in [6, 6.07) is 5.36. The Labute approximate surface area is 108 Å². The van der Waals surface area contributed by atoms with Crippen molar-refractivity contribution in [2.45, 2.75) is 45.8 Å². The Morgan fingerprint density at radius 3 is 2.50 bits per heavy atom. The lowest BCUT2D eigenvalue weighted by Gasteiger charge is -2.32. The van der Waals surface area contributed by atoms with Gasteiger partial charge < -0.3 is 10.0 Å². The van der Waals surface area contributed by atoms with Crippen molar-refractivity contribution < 1.29 is 9.50 Å².